The molecule has 0 unspecified atom stereocenters. The van der Waals surface area contributed by atoms with E-state index in [1.165, 1.54) is 30.0 Å². The minimum absolute atomic E-state index is 0.276. The summed E-state index contributed by atoms with van der Waals surface area (Å²) in [5, 5.41) is 3.24. The van der Waals surface area contributed by atoms with Crippen molar-refractivity contribution in [3.05, 3.63) is 59.7 Å². The highest BCUT2D eigenvalue weighted by Gasteiger charge is 2.06. The third-order valence-electron chi connectivity index (χ3n) is 2.73. The zero-order valence-electron chi connectivity index (χ0n) is 11.5. The first kappa shape index (κ1) is 15.0. The van der Waals surface area contributed by atoms with Gasteiger partial charge < -0.3 is 5.32 Å². The molecule has 4 heteroatoms. The molecule has 0 bridgehead atoms. The van der Waals surface area contributed by atoms with Crippen LogP contribution in [0.2, 0.25) is 0 Å². The monoisotopic (exact) mass is 293 g/mol. The summed E-state index contributed by atoms with van der Waals surface area (Å²) in [5.41, 5.74) is 0.903. The molecule has 0 atom stereocenters. The molecule has 0 radical (unpaired) electrons. The maximum absolute atomic E-state index is 14.0. The molecule has 0 saturated carbocycles. The quantitative estimate of drug-likeness (QED) is 0.863. The standard InChI is InChI=1S/C16H17F2NS/c1-11(2)19-10-12-6-7-16(15(18)8-12)20-14-5-3-4-13(17)9-14/h3-9,11,19H,10H2,1-2H3. The van der Waals surface area contributed by atoms with Gasteiger partial charge in [0.15, 0.2) is 0 Å². The molecule has 0 fully saturated rings. The first-order chi connectivity index (χ1) is 9.54. The maximum Gasteiger partial charge on any atom is 0.137 e. The Bertz CT molecular complexity index is 584. The fraction of sp³-hybridized carbons (Fsp3) is 0.250. The van der Waals surface area contributed by atoms with Gasteiger partial charge in [0, 0.05) is 22.4 Å². The van der Waals surface area contributed by atoms with Crippen LogP contribution in [-0.2, 0) is 6.54 Å². The van der Waals surface area contributed by atoms with E-state index < -0.39 is 0 Å². The van der Waals surface area contributed by atoms with Crippen molar-refractivity contribution in [1.82, 2.24) is 5.32 Å². The summed E-state index contributed by atoms with van der Waals surface area (Å²) in [6, 6.07) is 11.7. The van der Waals surface area contributed by atoms with Gasteiger partial charge in [0.1, 0.15) is 11.6 Å². The average Bonchev–Trinajstić information content (AvgIpc) is 2.39. The number of rotatable bonds is 5. The van der Waals surface area contributed by atoms with E-state index in [4.69, 9.17) is 0 Å². The molecule has 106 valence electrons. The maximum atomic E-state index is 14.0. The number of benzene rings is 2. The zero-order valence-corrected chi connectivity index (χ0v) is 12.3. The Morgan fingerprint density at radius 1 is 1.10 bits per heavy atom. The van der Waals surface area contributed by atoms with Crippen LogP contribution in [0.3, 0.4) is 0 Å². The molecule has 0 aliphatic carbocycles. The highest BCUT2D eigenvalue weighted by molar-refractivity contribution is 7.99. The second kappa shape index (κ2) is 6.86. The summed E-state index contributed by atoms with van der Waals surface area (Å²) >= 11 is 1.23. The van der Waals surface area contributed by atoms with Crippen molar-refractivity contribution in [3.8, 4) is 0 Å². The molecule has 0 aromatic heterocycles. The van der Waals surface area contributed by atoms with Gasteiger partial charge in [-0.25, -0.2) is 8.78 Å². The first-order valence-corrected chi connectivity index (χ1v) is 7.31. The van der Waals surface area contributed by atoms with Crippen LogP contribution in [0.1, 0.15) is 19.4 Å². The van der Waals surface area contributed by atoms with Crippen LogP contribution in [-0.4, -0.2) is 6.04 Å². The predicted octanol–water partition coefficient (Wildman–Crippen LogP) is 4.61. The van der Waals surface area contributed by atoms with Gasteiger partial charge in [0.2, 0.25) is 0 Å². The van der Waals surface area contributed by atoms with Gasteiger partial charge in [-0.05, 0) is 35.9 Å². The van der Waals surface area contributed by atoms with Crippen molar-refractivity contribution in [2.45, 2.75) is 36.2 Å². The lowest BCUT2D eigenvalue weighted by atomic mass is 10.2. The van der Waals surface area contributed by atoms with Gasteiger partial charge in [-0.1, -0.05) is 37.7 Å². The van der Waals surface area contributed by atoms with Crippen molar-refractivity contribution in [2.75, 3.05) is 0 Å². The SMILES string of the molecule is CC(C)NCc1ccc(Sc2cccc(F)c2)c(F)c1. The van der Waals surface area contributed by atoms with E-state index in [0.717, 1.165) is 5.56 Å². The van der Waals surface area contributed by atoms with Crippen LogP contribution < -0.4 is 5.32 Å². The van der Waals surface area contributed by atoms with E-state index in [0.29, 0.717) is 22.4 Å². The van der Waals surface area contributed by atoms with Crippen molar-refractivity contribution >= 4 is 11.8 Å². The lowest BCUT2D eigenvalue weighted by Gasteiger charge is -2.09. The lowest BCUT2D eigenvalue weighted by Crippen LogP contribution is -2.21. The fourth-order valence-electron chi connectivity index (χ4n) is 1.72. The van der Waals surface area contributed by atoms with Gasteiger partial charge in [-0.2, -0.15) is 0 Å². The molecule has 20 heavy (non-hydrogen) atoms. The van der Waals surface area contributed by atoms with Gasteiger partial charge in [0.25, 0.3) is 0 Å². The van der Waals surface area contributed by atoms with Crippen LogP contribution in [0.4, 0.5) is 8.78 Å². The Labute approximate surface area is 122 Å². The second-order valence-electron chi connectivity index (χ2n) is 4.86. The molecule has 1 N–H and O–H groups in total. The predicted molar refractivity (Wildman–Crippen MR) is 78.9 cm³/mol. The second-order valence-corrected chi connectivity index (χ2v) is 5.98. The fourth-order valence-corrected chi connectivity index (χ4v) is 2.58. The molecular weight excluding hydrogens is 276 g/mol. The number of nitrogens with one attached hydrogen (secondary N) is 1. The van der Waals surface area contributed by atoms with E-state index in [2.05, 4.69) is 5.32 Å². The third kappa shape index (κ3) is 4.32. The molecule has 2 aromatic carbocycles. The molecule has 0 saturated heterocycles. The van der Waals surface area contributed by atoms with Gasteiger partial charge >= 0.3 is 0 Å². The molecule has 1 nitrogen and oxygen atoms in total. The molecule has 0 aliphatic heterocycles. The zero-order chi connectivity index (χ0) is 14.5. The van der Waals surface area contributed by atoms with Crippen molar-refractivity contribution < 1.29 is 8.78 Å². The molecule has 2 aromatic rings. The van der Waals surface area contributed by atoms with Crippen LogP contribution >= 0.6 is 11.8 Å². The van der Waals surface area contributed by atoms with Crippen LogP contribution in [0.5, 0.6) is 0 Å². The van der Waals surface area contributed by atoms with Crippen LogP contribution in [0, 0.1) is 11.6 Å². The Morgan fingerprint density at radius 2 is 1.90 bits per heavy atom. The number of hydrogen-bond donors (Lipinski definition) is 1. The van der Waals surface area contributed by atoms with E-state index >= 15 is 0 Å². The summed E-state index contributed by atoms with van der Waals surface area (Å²) in [4.78, 5) is 1.20. The highest BCUT2D eigenvalue weighted by atomic mass is 32.2. The van der Waals surface area contributed by atoms with Crippen molar-refractivity contribution in [1.29, 1.82) is 0 Å². The molecule has 0 aliphatic rings. The summed E-state index contributed by atoms with van der Waals surface area (Å²) in [6.45, 7) is 4.73. The molecular formula is C16H17F2NS. The Hall–Kier alpha value is -1.39. The molecule has 2 rings (SSSR count). The van der Waals surface area contributed by atoms with Gasteiger partial charge in [-0.15, -0.1) is 0 Å². The van der Waals surface area contributed by atoms with E-state index in [9.17, 15) is 8.78 Å². The van der Waals surface area contributed by atoms with Crippen LogP contribution in [0.25, 0.3) is 0 Å². The van der Waals surface area contributed by atoms with Crippen molar-refractivity contribution in [3.63, 3.8) is 0 Å². The summed E-state index contributed by atoms with van der Waals surface area (Å²) in [6.07, 6.45) is 0. The molecule has 0 spiro atoms. The van der Waals surface area contributed by atoms with Crippen molar-refractivity contribution in [2.24, 2.45) is 0 Å². The number of halogens is 2. The smallest absolute Gasteiger partial charge is 0.137 e. The Morgan fingerprint density at radius 3 is 2.55 bits per heavy atom. The van der Waals surface area contributed by atoms with E-state index in [1.54, 1.807) is 18.2 Å². The number of hydrogen-bond acceptors (Lipinski definition) is 2. The van der Waals surface area contributed by atoms with Gasteiger partial charge in [0.05, 0.1) is 0 Å². The third-order valence-corrected chi connectivity index (χ3v) is 3.78. The average molecular weight is 293 g/mol. The summed E-state index contributed by atoms with van der Waals surface area (Å²) in [5.74, 6) is -0.588. The van der Waals surface area contributed by atoms with E-state index in [1.807, 2.05) is 19.9 Å². The first-order valence-electron chi connectivity index (χ1n) is 6.50. The van der Waals surface area contributed by atoms with Crippen LogP contribution in [0.15, 0.2) is 52.3 Å². The normalized spacial score (nSPS) is 11.1. The van der Waals surface area contributed by atoms with Gasteiger partial charge in [-0.3, -0.25) is 0 Å². The molecule has 0 heterocycles. The minimum Gasteiger partial charge on any atom is -0.310 e. The highest BCUT2D eigenvalue weighted by Crippen LogP contribution is 2.30. The largest absolute Gasteiger partial charge is 0.310 e. The molecule has 0 amide bonds. The van der Waals surface area contributed by atoms with E-state index in [-0.39, 0.29) is 11.6 Å². The Kier molecular flexibility index (Phi) is 5.15. The summed E-state index contributed by atoms with van der Waals surface area (Å²) < 4.78 is 27.1. The Balaban J connectivity index is 2.09. The topological polar surface area (TPSA) is 12.0 Å². The lowest BCUT2D eigenvalue weighted by molar-refractivity contribution is 0.574. The summed E-state index contributed by atoms with van der Waals surface area (Å²) in [7, 11) is 0. The minimum atomic E-state index is -0.312.